The fourth-order valence-corrected chi connectivity index (χ4v) is 0.748. The van der Waals surface area contributed by atoms with Gasteiger partial charge in [0.05, 0.1) is 6.42 Å². The van der Waals surface area contributed by atoms with Gasteiger partial charge < -0.3 is 17.1 Å². The third-order valence-electron chi connectivity index (χ3n) is 1.00. The Morgan fingerprint density at radius 2 is 2.09 bits per heavy atom. The molecule has 0 aliphatic rings. The van der Waals surface area contributed by atoms with E-state index in [0.29, 0.717) is 6.61 Å². The summed E-state index contributed by atoms with van der Waals surface area (Å²) in [6.45, 7) is 2.61. The number of nitrogens with zero attached hydrogens (tertiary/aromatic N) is 1. The maximum Gasteiger partial charge on any atom is 0.143 e. The number of hydrogen-bond acceptors (Lipinski definition) is 1. The van der Waals surface area contributed by atoms with Gasteiger partial charge in [0.25, 0.3) is 0 Å². The number of alkyl halides is 1. The van der Waals surface area contributed by atoms with Crippen LogP contribution in [-0.2, 0) is 4.74 Å². The summed E-state index contributed by atoms with van der Waals surface area (Å²) in [7, 11) is 3.94. The highest BCUT2D eigenvalue weighted by atomic mass is 35.5. The van der Waals surface area contributed by atoms with E-state index in [1.165, 1.54) is 0 Å². The zero-order valence-corrected chi connectivity index (χ0v) is 8.69. The molecule has 0 aliphatic heterocycles. The summed E-state index contributed by atoms with van der Waals surface area (Å²) >= 11 is 5.74. The Balaban J connectivity index is 0. The van der Waals surface area contributed by atoms with Crippen LogP contribution in [0.4, 0.5) is 0 Å². The zero-order valence-electron chi connectivity index (χ0n) is 7.18. The van der Waals surface area contributed by atoms with Gasteiger partial charge in [-0.3, -0.25) is 0 Å². The summed E-state index contributed by atoms with van der Waals surface area (Å²) in [5.74, 6) is 0. The Morgan fingerprint density at radius 3 is 2.45 bits per heavy atom. The van der Waals surface area contributed by atoms with E-state index in [0.717, 1.165) is 6.42 Å². The van der Waals surface area contributed by atoms with Gasteiger partial charge in [-0.2, -0.15) is 0 Å². The van der Waals surface area contributed by atoms with Crippen molar-refractivity contribution in [2.45, 2.75) is 18.9 Å². The molecule has 0 rings (SSSR count). The van der Waals surface area contributed by atoms with E-state index in [4.69, 9.17) is 16.3 Å². The third-order valence-corrected chi connectivity index (χ3v) is 1.31. The van der Waals surface area contributed by atoms with Crippen LogP contribution in [0.2, 0.25) is 0 Å². The van der Waals surface area contributed by atoms with Crippen molar-refractivity contribution in [1.29, 1.82) is 0 Å². The molecule has 11 heavy (non-hydrogen) atoms. The first-order chi connectivity index (χ1) is 4.66. The minimum absolute atomic E-state index is 0. The Kier molecular flexibility index (Phi) is 10.4. The number of halogens is 2. The normalized spacial score (nSPS) is 11.6. The highest BCUT2D eigenvalue weighted by molar-refractivity contribution is 6.20. The van der Waals surface area contributed by atoms with Crippen molar-refractivity contribution in [2.75, 3.05) is 20.7 Å². The average molecular weight is 200 g/mol. The fourth-order valence-electron chi connectivity index (χ4n) is 0.543. The van der Waals surface area contributed by atoms with Gasteiger partial charge in [0.2, 0.25) is 0 Å². The van der Waals surface area contributed by atoms with Gasteiger partial charge in [-0.05, 0) is 6.92 Å². The summed E-state index contributed by atoms with van der Waals surface area (Å²) < 4.78 is 7.07. The lowest BCUT2D eigenvalue weighted by Crippen LogP contribution is -3.00. The molecule has 0 heterocycles. The molecular formula is C7H15Cl2NO. The van der Waals surface area contributed by atoms with Crippen molar-refractivity contribution < 1.29 is 21.7 Å². The van der Waals surface area contributed by atoms with Crippen LogP contribution in [0.5, 0.6) is 0 Å². The molecule has 0 amide bonds. The molecule has 4 heteroatoms. The summed E-state index contributed by atoms with van der Waals surface area (Å²) in [6.07, 6.45) is 2.76. The van der Waals surface area contributed by atoms with Crippen LogP contribution in [0.3, 0.4) is 0 Å². The first kappa shape index (κ1) is 13.8. The standard InChI is InChI=1S/C7H15ClNO.ClH/c1-4-10-7(8)5-6-9(2)3;/h6-7H,4-5H2,1-3H3;1H/q+1;/p-1. The molecule has 0 radical (unpaired) electrons. The molecule has 0 saturated heterocycles. The zero-order chi connectivity index (χ0) is 7.98. The molecular weight excluding hydrogens is 185 g/mol. The second-order valence-electron chi connectivity index (χ2n) is 2.25. The molecule has 0 N–H and O–H groups in total. The maximum absolute atomic E-state index is 5.74. The van der Waals surface area contributed by atoms with Gasteiger partial charge in [-0.25, -0.2) is 4.58 Å². The minimum atomic E-state index is -0.174. The van der Waals surface area contributed by atoms with Crippen molar-refractivity contribution in [3.05, 3.63) is 0 Å². The van der Waals surface area contributed by atoms with E-state index in [-0.39, 0.29) is 18.0 Å². The van der Waals surface area contributed by atoms with Crippen LogP contribution in [0.1, 0.15) is 13.3 Å². The Labute approximate surface area is 79.6 Å². The van der Waals surface area contributed by atoms with Crippen molar-refractivity contribution in [3.8, 4) is 0 Å². The van der Waals surface area contributed by atoms with Crippen LogP contribution in [-0.4, -0.2) is 37.1 Å². The highest BCUT2D eigenvalue weighted by Gasteiger charge is 2.01. The Morgan fingerprint density at radius 1 is 1.55 bits per heavy atom. The van der Waals surface area contributed by atoms with Gasteiger partial charge in [0.15, 0.2) is 0 Å². The van der Waals surface area contributed by atoms with E-state index in [1.54, 1.807) is 0 Å². The maximum atomic E-state index is 5.74. The second kappa shape index (κ2) is 8.31. The molecule has 68 valence electrons. The van der Waals surface area contributed by atoms with Gasteiger partial charge in [0, 0.05) is 6.61 Å². The van der Waals surface area contributed by atoms with Crippen LogP contribution in [0.15, 0.2) is 0 Å². The van der Waals surface area contributed by atoms with Gasteiger partial charge in [-0.15, -0.1) is 0 Å². The Hall–Kier alpha value is 0.210. The van der Waals surface area contributed by atoms with Gasteiger partial charge in [-0.1, -0.05) is 11.6 Å². The van der Waals surface area contributed by atoms with Gasteiger partial charge in [0.1, 0.15) is 25.9 Å². The van der Waals surface area contributed by atoms with Crippen molar-refractivity contribution in [2.24, 2.45) is 0 Å². The molecule has 1 unspecified atom stereocenters. The van der Waals surface area contributed by atoms with Crippen LogP contribution in [0, 0.1) is 0 Å². The molecule has 0 bridgehead atoms. The quantitative estimate of drug-likeness (QED) is 0.300. The number of ether oxygens (including phenoxy) is 1. The SMILES string of the molecule is CCOC(Cl)CC=[N+](C)C.[Cl-]. The molecule has 0 aromatic carbocycles. The van der Waals surface area contributed by atoms with Crippen LogP contribution < -0.4 is 12.4 Å². The smallest absolute Gasteiger partial charge is 0.143 e. The molecule has 0 spiro atoms. The van der Waals surface area contributed by atoms with E-state index in [2.05, 4.69) is 0 Å². The van der Waals surface area contributed by atoms with Crippen LogP contribution >= 0.6 is 11.6 Å². The predicted octanol–water partition coefficient (Wildman–Crippen LogP) is -1.68. The first-order valence-electron chi connectivity index (χ1n) is 3.42. The minimum Gasteiger partial charge on any atom is -1.00 e. The summed E-state index contributed by atoms with van der Waals surface area (Å²) in [4.78, 5) is 0. The highest BCUT2D eigenvalue weighted by Crippen LogP contribution is 2.00. The lowest BCUT2D eigenvalue weighted by Gasteiger charge is -2.03. The topological polar surface area (TPSA) is 12.2 Å². The lowest BCUT2D eigenvalue weighted by atomic mass is 10.5. The van der Waals surface area contributed by atoms with E-state index in [9.17, 15) is 0 Å². The second-order valence-corrected chi connectivity index (χ2v) is 2.73. The van der Waals surface area contributed by atoms with Crippen molar-refractivity contribution in [1.82, 2.24) is 0 Å². The third kappa shape index (κ3) is 10.2. The summed E-state index contributed by atoms with van der Waals surface area (Å²) in [6, 6.07) is 0. The average Bonchev–Trinajstić information content (AvgIpc) is 1.85. The predicted molar refractivity (Wildman–Crippen MR) is 44.1 cm³/mol. The van der Waals surface area contributed by atoms with E-state index in [1.807, 2.05) is 31.8 Å². The monoisotopic (exact) mass is 199 g/mol. The largest absolute Gasteiger partial charge is 1.00 e. The number of hydrogen-bond donors (Lipinski definition) is 0. The summed E-state index contributed by atoms with van der Waals surface area (Å²) in [5.41, 5.74) is -0.174. The molecule has 0 aromatic rings. The molecule has 0 saturated carbocycles. The first-order valence-corrected chi connectivity index (χ1v) is 3.86. The van der Waals surface area contributed by atoms with E-state index < -0.39 is 0 Å². The fraction of sp³-hybridized carbons (Fsp3) is 0.857. The van der Waals surface area contributed by atoms with Crippen LogP contribution in [0.25, 0.3) is 0 Å². The molecule has 0 fully saturated rings. The van der Waals surface area contributed by atoms with Crippen molar-refractivity contribution >= 4 is 17.8 Å². The molecule has 0 aromatic heterocycles. The molecule has 0 aliphatic carbocycles. The molecule has 1 atom stereocenters. The lowest BCUT2D eigenvalue weighted by molar-refractivity contribution is -0.460. The molecule has 2 nitrogen and oxygen atoms in total. The van der Waals surface area contributed by atoms with Crippen molar-refractivity contribution in [3.63, 3.8) is 0 Å². The van der Waals surface area contributed by atoms with E-state index >= 15 is 0 Å². The van der Waals surface area contributed by atoms with Gasteiger partial charge >= 0.3 is 0 Å². The Bertz CT molecular complexity index is 113. The number of rotatable bonds is 4. The summed E-state index contributed by atoms with van der Waals surface area (Å²) in [5, 5.41) is 0.